The number of benzene rings is 2. The Morgan fingerprint density at radius 3 is 2.30 bits per heavy atom. The highest BCUT2D eigenvalue weighted by Gasteiger charge is 2.17. The second-order valence-corrected chi connectivity index (χ2v) is 5.03. The van der Waals surface area contributed by atoms with E-state index in [2.05, 4.69) is 5.32 Å². The molecule has 2 rings (SSSR count). The zero-order valence-electron chi connectivity index (χ0n) is 11.8. The summed E-state index contributed by atoms with van der Waals surface area (Å²) in [6, 6.07) is 17.4. The Hall–Kier alpha value is -2.29. The number of hydrogen-bond donors (Lipinski definition) is 2. The molecule has 0 aromatic heterocycles. The van der Waals surface area contributed by atoms with Crippen molar-refractivity contribution in [2.24, 2.45) is 0 Å². The van der Waals surface area contributed by atoms with Gasteiger partial charge in [-0.1, -0.05) is 42.5 Å². The molecule has 0 aliphatic carbocycles. The summed E-state index contributed by atoms with van der Waals surface area (Å²) in [7, 11) is 0. The maximum atomic E-state index is 12.3. The van der Waals surface area contributed by atoms with Crippen molar-refractivity contribution in [1.82, 2.24) is 5.32 Å². The molecule has 0 aliphatic rings. The van der Waals surface area contributed by atoms with Crippen LogP contribution in [0.2, 0.25) is 0 Å². The van der Waals surface area contributed by atoms with Crippen molar-refractivity contribution in [3.8, 4) is 0 Å². The minimum Gasteiger partial charge on any atom is -0.399 e. The summed E-state index contributed by atoms with van der Waals surface area (Å²) in [5.41, 5.74) is 8.47. The van der Waals surface area contributed by atoms with Gasteiger partial charge in [0.25, 0.3) is 0 Å². The van der Waals surface area contributed by atoms with Crippen molar-refractivity contribution in [2.75, 3.05) is 5.73 Å². The Balaban J connectivity index is 2.05. The Morgan fingerprint density at radius 1 is 1.00 bits per heavy atom. The number of carbonyl (C=O) groups excluding carboxylic acids is 1. The molecular formula is C17H20N2O. The Labute approximate surface area is 119 Å². The van der Waals surface area contributed by atoms with Crippen LogP contribution in [-0.2, 0) is 4.79 Å². The molecular weight excluding hydrogens is 248 g/mol. The van der Waals surface area contributed by atoms with Gasteiger partial charge in [0.05, 0.1) is 12.0 Å². The lowest BCUT2D eigenvalue weighted by Gasteiger charge is -2.18. The molecule has 3 nitrogen and oxygen atoms in total. The topological polar surface area (TPSA) is 55.1 Å². The predicted octanol–water partition coefficient (Wildman–Crippen LogP) is 3.25. The normalized spacial score (nSPS) is 13.5. The van der Waals surface area contributed by atoms with Crippen LogP contribution in [0.4, 0.5) is 5.69 Å². The number of carbonyl (C=O) groups is 1. The van der Waals surface area contributed by atoms with Crippen molar-refractivity contribution in [2.45, 2.75) is 25.8 Å². The quantitative estimate of drug-likeness (QED) is 0.836. The summed E-state index contributed by atoms with van der Waals surface area (Å²) in [5, 5.41) is 3.03. The third-order valence-corrected chi connectivity index (χ3v) is 3.46. The van der Waals surface area contributed by atoms with Crippen LogP contribution >= 0.6 is 0 Å². The number of nitrogen functional groups attached to an aromatic ring is 1. The van der Waals surface area contributed by atoms with E-state index < -0.39 is 0 Å². The van der Waals surface area contributed by atoms with Crippen LogP contribution < -0.4 is 11.1 Å². The van der Waals surface area contributed by atoms with Gasteiger partial charge in [0, 0.05) is 5.69 Å². The minimum atomic E-state index is -0.218. The first-order valence-electron chi connectivity index (χ1n) is 6.78. The first-order valence-corrected chi connectivity index (χ1v) is 6.78. The second kappa shape index (κ2) is 6.24. The fraction of sp³-hybridized carbons (Fsp3) is 0.235. The Morgan fingerprint density at radius 2 is 1.65 bits per heavy atom. The Kier molecular flexibility index (Phi) is 4.41. The highest BCUT2D eigenvalue weighted by atomic mass is 16.1. The molecule has 0 spiro atoms. The van der Waals surface area contributed by atoms with Gasteiger partial charge in [-0.2, -0.15) is 0 Å². The van der Waals surface area contributed by atoms with Crippen molar-refractivity contribution >= 4 is 11.6 Å². The summed E-state index contributed by atoms with van der Waals surface area (Å²) in [4.78, 5) is 12.3. The number of nitrogens with two attached hydrogens (primary N) is 1. The van der Waals surface area contributed by atoms with E-state index in [9.17, 15) is 4.79 Å². The first-order chi connectivity index (χ1) is 9.58. The molecule has 1 amide bonds. The zero-order chi connectivity index (χ0) is 14.5. The first kappa shape index (κ1) is 14.1. The highest BCUT2D eigenvalue weighted by Crippen LogP contribution is 2.20. The number of hydrogen-bond acceptors (Lipinski definition) is 2. The van der Waals surface area contributed by atoms with E-state index in [4.69, 9.17) is 5.73 Å². The SMILES string of the molecule is CC(NC(=O)C(C)c1cccc(N)c1)c1ccccc1. The van der Waals surface area contributed by atoms with Crippen molar-refractivity contribution < 1.29 is 4.79 Å². The van der Waals surface area contributed by atoms with Crippen LogP contribution in [0, 0.1) is 0 Å². The van der Waals surface area contributed by atoms with Crippen molar-refractivity contribution in [1.29, 1.82) is 0 Å². The fourth-order valence-corrected chi connectivity index (χ4v) is 2.14. The summed E-state index contributed by atoms with van der Waals surface area (Å²) >= 11 is 0. The van der Waals surface area contributed by atoms with Crippen LogP contribution in [0.25, 0.3) is 0 Å². The molecule has 0 bridgehead atoms. The average molecular weight is 268 g/mol. The van der Waals surface area contributed by atoms with E-state index in [0.717, 1.165) is 11.1 Å². The molecule has 2 aromatic carbocycles. The van der Waals surface area contributed by atoms with Gasteiger partial charge in [-0.15, -0.1) is 0 Å². The molecule has 20 heavy (non-hydrogen) atoms. The lowest BCUT2D eigenvalue weighted by Crippen LogP contribution is -2.30. The van der Waals surface area contributed by atoms with Crippen LogP contribution in [0.5, 0.6) is 0 Å². The van der Waals surface area contributed by atoms with Gasteiger partial charge in [-0.05, 0) is 37.1 Å². The van der Waals surface area contributed by atoms with E-state index in [1.165, 1.54) is 0 Å². The Bertz CT molecular complexity index is 581. The van der Waals surface area contributed by atoms with E-state index in [1.54, 1.807) is 0 Å². The van der Waals surface area contributed by atoms with Gasteiger partial charge in [-0.3, -0.25) is 4.79 Å². The van der Waals surface area contributed by atoms with Gasteiger partial charge in [0.15, 0.2) is 0 Å². The molecule has 2 unspecified atom stereocenters. The lowest BCUT2D eigenvalue weighted by molar-refractivity contribution is -0.122. The van der Waals surface area contributed by atoms with E-state index in [-0.39, 0.29) is 17.9 Å². The van der Waals surface area contributed by atoms with Crippen LogP contribution in [0.1, 0.15) is 36.9 Å². The van der Waals surface area contributed by atoms with Crippen LogP contribution in [0.15, 0.2) is 54.6 Å². The molecule has 104 valence electrons. The number of amides is 1. The van der Waals surface area contributed by atoms with E-state index >= 15 is 0 Å². The molecule has 0 fully saturated rings. The maximum Gasteiger partial charge on any atom is 0.227 e. The van der Waals surface area contributed by atoms with Gasteiger partial charge in [-0.25, -0.2) is 0 Å². The van der Waals surface area contributed by atoms with Gasteiger partial charge < -0.3 is 11.1 Å². The monoisotopic (exact) mass is 268 g/mol. The van der Waals surface area contributed by atoms with E-state index in [1.807, 2.05) is 68.4 Å². The molecule has 0 radical (unpaired) electrons. The van der Waals surface area contributed by atoms with Crippen molar-refractivity contribution in [3.05, 3.63) is 65.7 Å². The summed E-state index contributed by atoms with van der Waals surface area (Å²) < 4.78 is 0. The zero-order valence-corrected chi connectivity index (χ0v) is 11.8. The van der Waals surface area contributed by atoms with Gasteiger partial charge in [0.2, 0.25) is 5.91 Å². The van der Waals surface area contributed by atoms with Gasteiger partial charge >= 0.3 is 0 Å². The average Bonchev–Trinajstić information content (AvgIpc) is 2.47. The molecule has 0 aliphatic heterocycles. The number of anilines is 1. The van der Waals surface area contributed by atoms with Crippen LogP contribution in [-0.4, -0.2) is 5.91 Å². The summed E-state index contributed by atoms with van der Waals surface area (Å²) in [5.74, 6) is -0.211. The molecule has 2 aromatic rings. The summed E-state index contributed by atoms with van der Waals surface area (Å²) in [6.07, 6.45) is 0. The second-order valence-electron chi connectivity index (χ2n) is 5.03. The van der Waals surface area contributed by atoms with Crippen LogP contribution in [0.3, 0.4) is 0 Å². The molecule has 3 N–H and O–H groups in total. The minimum absolute atomic E-state index is 0.00644. The molecule has 0 saturated carbocycles. The molecule has 0 heterocycles. The third-order valence-electron chi connectivity index (χ3n) is 3.46. The molecule has 0 saturated heterocycles. The number of nitrogens with one attached hydrogen (secondary N) is 1. The molecule has 2 atom stereocenters. The largest absolute Gasteiger partial charge is 0.399 e. The molecule has 3 heteroatoms. The number of rotatable bonds is 4. The third kappa shape index (κ3) is 3.38. The standard InChI is InChI=1S/C17H20N2O/c1-12(15-9-6-10-16(18)11-15)17(20)19-13(2)14-7-4-3-5-8-14/h3-13H,18H2,1-2H3,(H,19,20). The van der Waals surface area contributed by atoms with Gasteiger partial charge in [0.1, 0.15) is 0 Å². The highest BCUT2D eigenvalue weighted by molar-refractivity contribution is 5.83. The maximum absolute atomic E-state index is 12.3. The predicted molar refractivity (Wildman–Crippen MR) is 82.3 cm³/mol. The van der Waals surface area contributed by atoms with E-state index in [0.29, 0.717) is 5.69 Å². The summed E-state index contributed by atoms with van der Waals surface area (Å²) in [6.45, 7) is 3.88. The lowest BCUT2D eigenvalue weighted by atomic mass is 9.99. The van der Waals surface area contributed by atoms with Crippen molar-refractivity contribution in [3.63, 3.8) is 0 Å². The smallest absolute Gasteiger partial charge is 0.227 e. The fourth-order valence-electron chi connectivity index (χ4n) is 2.14.